The summed E-state index contributed by atoms with van der Waals surface area (Å²) in [5, 5.41) is 19.8. The minimum atomic E-state index is -4.56. The summed E-state index contributed by atoms with van der Waals surface area (Å²) in [6.07, 6.45) is 0. The molecular formula is C4H12N3O6P. The number of carbonyl (C=O) groups is 1. The molecule has 0 saturated carbocycles. The summed E-state index contributed by atoms with van der Waals surface area (Å²) in [6, 6.07) is -1.12. The van der Waals surface area contributed by atoms with E-state index in [-0.39, 0.29) is 5.06 Å². The van der Waals surface area contributed by atoms with E-state index in [1.165, 1.54) is 0 Å². The van der Waals surface area contributed by atoms with E-state index in [0.717, 1.165) is 0 Å². The zero-order valence-corrected chi connectivity index (χ0v) is 7.96. The van der Waals surface area contributed by atoms with Crippen molar-refractivity contribution in [2.45, 2.75) is 5.85 Å². The molecule has 14 heavy (non-hydrogen) atoms. The highest BCUT2D eigenvalue weighted by Crippen LogP contribution is 2.38. The van der Waals surface area contributed by atoms with Gasteiger partial charge < -0.3 is 20.6 Å². The van der Waals surface area contributed by atoms with E-state index in [0.29, 0.717) is 0 Å². The predicted octanol–water partition coefficient (Wildman–Crippen LogP) is -2.20. The van der Waals surface area contributed by atoms with Crippen LogP contribution in [-0.2, 0) is 4.57 Å². The molecule has 0 rings (SSSR count). The molecule has 7 N–H and O–H groups in total. The Balaban J connectivity index is 3.76. The monoisotopic (exact) mass is 229 g/mol. The van der Waals surface area contributed by atoms with Crippen molar-refractivity contribution in [3.8, 4) is 0 Å². The molecule has 0 fully saturated rings. The van der Waals surface area contributed by atoms with Crippen LogP contribution in [0.4, 0.5) is 4.79 Å². The largest absolute Gasteiger partial charge is 0.379 e. The van der Waals surface area contributed by atoms with Gasteiger partial charge >= 0.3 is 13.6 Å². The van der Waals surface area contributed by atoms with E-state index in [1.54, 1.807) is 0 Å². The molecule has 0 radical (unpaired) electrons. The van der Waals surface area contributed by atoms with Crippen LogP contribution in [0.5, 0.6) is 0 Å². The molecule has 0 aromatic rings. The Morgan fingerprint density at radius 3 is 2.43 bits per heavy atom. The molecule has 0 aliphatic carbocycles. The Hall–Kier alpha value is -0.700. The second kappa shape index (κ2) is 5.25. The van der Waals surface area contributed by atoms with Crippen LogP contribution < -0.4 is 11.1 Å². The van der Waals surface area contributed by atoms with E-state index in [9.17, 15) is 9.36 Å². The number of urea groups is 1. The van der Waals surface area contributed by atoms with E-state index in [1.807, 2.05) is 0 Å². The zero-order valence-electron chi connectivity index (χ0n) is 7.07. The van der Waals surface area contributed by atoms with Crippen LogP contribution in [-0.4, -0.2) is 50.3 Å². The van der Waals surface area contributed by atoms with Gasteiger partial charge in [-0.1, -0.05) is 0 Å². The fraction of sp³-hybridized carbons (Fsp3) is 0.750. The van der Waals surface area contributed by atoms with Crippen molar-refractivity contribution in [1.82, 2.24) is 10.4 Å². The number of primary amides is 1. The Morgan fingerprint density at radius 1 is 1.57 bits per heavy atom. The second-order valence-corrected chi connectivity index (χ2v) is 4.19. The van der Waals surface area contributed by atoms with Gasteiger partial charge in [0, 0.05) is 6.54 Å². The van der Waals surface area contributed by atoms with E-state index < -0.39 is 32.7 Å². The number of aliphatic hydroxyl groups is 1. The van der Waals surface area contributed by atoms with Crippen LogP contribution in [0.2, 0.25) is 0 Å². The van der Waals surface area contributed by atoms with Crippen LogP contribution in [0.15, 0.2) is 0 Å². The van der Waals surface area contributed by atoms with Gasteiger partial charge in [-0.2, -0.15) is 5.06 Å². The Labute approximate surface area is 79.2 Å². The van der Waals surface area contributed by atoms with Crippen LogP contribution >= 0.6 is 7.60 Å². The second-order valence-electron chi connectivity index (χ2n) is 2.42. The Kier molecular flexibility index (Phi) is 4.99. The van der Waals surface area contributed by atoms with Crippen molar-refractivity contribution in [3.63, 3.8) is 0 Å². The summed E-state index contributed by atoms with van der Waals surface area (Å²) in [5.41, 5.74) is 4.62. The van der Waals surface area contributed by atoms with Gasteiger partial charge in [0.1, 0.15) is 0 Å². The van der Waals surface area contributed by atoms with E-state index in [4.69, 9.17) is 20.1 Å². The quantitative estimate of drug-likeness (QED) is 0.135. The van der Waals surface area contributed by atoms with Gasteiger partial charge in [-0.3, -0.25) is 15.1 Å². The normalized spacial score (nSPS) is 13.7. The fourth-order valence-electron chi connectivity index (χ4n) is 0.496. The average Bonchev–Trinajstić information content (AvgIpc) is 2.01. The van der Waals surface area contributed by atoms with Crippen LogP contribution in [0.25, 0.3) is 0 Å². The topological polar surface area (TPSA) is 156 Å². The molecule has 0 heterocycles. The number of carbonyl (C=O) groups excluding carboxylic acids is 1. The SMILES string of the molecule is NC(=O)N(O)CNCC(O)P(=O)(O)O. The molecule has 0 aromatic heterocycles. The maximum atomic E-state index is 10.4. The van der Waals surface area contributed by atoms with Gasteiger partial charge in [0.05, 0.1) is 6.67 Å². The first kappa shape index (κ1) is 13.3. The highest BCUT2D eigenvalue weighted by molar-refractivity contribution is 7.52. The third-order valence-corrected chi connectivity index (χ3v) is 2.19. The summed E-state index contributed by atoms with van der Waals surface area (Å²) >= 11 is 0. The molecule has 0 aromatic carbocycles. The van der Waals surface area contributed by atoms with Gasteiger partial charge in [-0.25, -0.2) is 4.79 Å². The standard InChI is InChI=1S/C4H12N3O6P/c5-4(9)7(10)2-6-1-3(8)14(11,12)13/h3,6,8,10H,1-2H2,(H2,5,9)(H2,11,12,13). The summed E-state index contributed by atoms with van der Waals surface area (Å²) in [4.78, 5) is 27.0. The minimum absolute atomic E-state index is 0.0897. The van der Waals surface area contributed by atoms with Gasteiger partial charge in [-0.05, 0) is 0 Å². The van der Waals surface area contributed by atoms with Gasteiger partial charge in [0.15, 0.2) is 5.85 Å². The third-order valence-electron chi connectivity index (χ3n) is 1.23. The van der Waals surface area contributed by atoms with Crippen molar-refractivity contribution in [3.05, 3.63) is 0 Å². The Bertz CT molecular complexity index is 241. The number of hydroxylamine groups is 2. The lowest BCUT2D eigenvalue weighted by atomic mass is 10.7. The molecule has 0 saturated heterocycles. The van der Waals surface area contributed by atoms with Gasteiger partial charge in [-0.15, -0.1) is 0 Å². The first-order valence-electron chi connectivity index (χ1n) is 3.45. The van der Waals surface area contributed by atoms with Crippen LogP contribution in [0.1, 0.15) is 0 Å². The molecule has 0 aliphatic rings. The van der Waals surface area contributed by atoms with Crippen LogP contribution in [0.3, 0.4) is 0 Å². The maximum Gasteiger partial charge on any atom is 0.355 e. The molecule has 0 aliphatic heterocycles. The molecule has 9 nitrogen and oxygen atoms in total. The highest BCUT2D eigenvalue weighted by Gasteiger charge is 2.25. The number of nitrogens with one attached hydrogen (secondary N) is 1. The summed E-state index contributed by atoms with van der Waals surface area (Å²) in [5.74, 6) is -1.89. The van der Waals surface area contributed by atoms with Gasteiger partial charge in [0.2, 0.25) is 0 Å². The molecule has 1 atom stereocenters. The number of hydrogen-bond acceptors (Lipinski definition) is 5. The molecule has 2 amide bonds. The molecular weight excluding hydrogens is 217 g/mol. The van der Waals surface area contributed by atoms with Crippen molar-refractivity contribution in [1.29, 1.82) is 0 Å². The Morgan fingerprint density at radius 2 is 2.07 bits per heavy atom. The average molecular weight is 229 g/mol. The van der Waals surface area contributed by atoms with Gasteiger partial charge in [0.25, 0.3) is 0 Å². The lowest BCUT2D eigenvalue weighted by molar-refractivity contribution is -0.0464. The third kappa shape index (κ3) is 5.12. The first-order valence-corrected chi connectivity index (χ1v) is 5.13. The number of rotatable bonds is 5. The predicted molar refractivity (Wildman–Crippen MR) is 44.1 cm³/mol. The van der Waals surface area contributed by atoms with E-state index >= 15 is 0 Å². The summed E-state index contributed by atoms with van der Waals surface area (Å²) in [6.45, 7) is -0.916. The molecule has 0 spiro atoms. The van der Waals surface area contributed by atoms with Crippen molar-refractivity contribution < 1.29 is 29.5 Å². The first-order chi connectivity index (χ1) is 6.25. The lowest BCUT2D eigenvalue weighted by Gasteiger charge is -2.16. The lowest BCUT2D eigenvalue weighted by Crippen LogP contribution is -2.41. The summed E-state index contributed by atoms with van der Waals surface area (Å²) < 4.78 is 10.4. The number of hydrogen-bond donors (Lipinski definition) is 6. The molecule has 10 heteroatoms. The molecule has 84 valence electrons. The van der Waals surface area contributed by atoms with Crippen LogP contribution in [0, 0.1) is 0 Å². The van der Waals surface area contributed by atoms with Crippen molar-refractivity contribution in [2.75, 3.05) is 13.2 Å². The van der Waals surface area contributed by atoms with Crippen molar-refractivity contribution >= 4 is 13.6 Å². The highest BCUT2D eigenvalue weighted by atomic mass is 31.2. The zero-order chi connectivity index (χ0) is 11.4. The van der Waals surface area contributed by atoms with Crippen molar-refractivity contribution in [2.24, 2.45) is 5.73 Å². The minimum Gasteiger partial charge on any atom is -0.379 e. The molecule has 0 bridgehead atoms. The smallest absolute Gasteiger partial charge is 0.355 e. The molecule has 1 unspecified atom stereocenters. The maximum absolute atomic E-state index is 10.4. The number of amides is 2. The number of nitrogens with zero attached hydrogens (tertiary/aromatic N) is 1. The fourth-order valence-corrected chi connectivity index (χ4v) is 0.863. The number of aliphatic hydroxyl groups excluding tert-OH is 1. The number of nitrogens with two attached hydrogens (primary N) is 1. The van der Waals surface area contributed by atoms with E-state index in [2.05, 4.69) is 11.1 Å². The summed E-state index contributed by atoms with van der Waals surface area (Å²) in [7, 11) is -4.56.